The van der Waals surface area contributed by atoms with Gasteiger partial charge in [-0.3, -0.25) is 0 Å². The molecule has 2 nitrogen and oxygen atoms in total. The molecule has 1 aromatic rings. The molecule has 0 aliphatic carbocycles. The first-order valence-corrected chi connectivity index (χ1v) is 6.06. The topological polar surface area (TPSA) is 24.9 Å². The Morgan fingerprint density at radius 2 is 2.19 bits per heavy atom. The van der Waals surface area contributed by atoms with Crippen LogP contribution in [0.4, 0.5) is 13.2 Å². The van der Waals surface area contributed by atoms with Crippen LogP contribution in [0.15, 0.2) is 5.38 Å². The van der Waals surface area contributed by atoms with Crippen molar-refractivity contribution in [2.45, 2.75) is 38.9 Å². The van der Waals surface area contributed by atoms with Crippen molar-refractivity contribution in [3.8, 4) is 0 Å². The number of nitrogens with zero attached hydrogens (tertiary/aromatic N) is 1. The Morgan fingerprint density at radius 3 is 2.69 bits per heavy atom. The second-order valence-electron chi connectivity index (χ2n) is 3.64. The number of rotatable bonds is 5. The molecule has 0 fully saturated rings. The molecule has 0 aliphatic heterocycles. The SMILES string of the molecule is CCC(C)NCCc1nc(C(F)(F)F)cs1. The van der Waals surface area contributed by atoms with Crippen LogP contribution in [0.2, 0.25) is 0 Å². The highest BCUT2D eigenvalue weighted by Gasteiger charge is 2.33. The van der Waals surface area contributed by atoms with Gasteiger partial charge in [0.1, 0.15) is 0 Å². The number of hydrogen-bond acceptors (Lipinski definition) is 3. The van der Waals surface area contributed by atoms with Crippen LogP contribution in [-0.4, -0.2) is 17.6 Å². The first-order chi connectivity index (χ1) is 7.43. The maximum atomic E-state index is 12.2. The molecule has 16 heavy (non-hydrogen) atoms. The summed E-state index contributed by atoms with van der Waals surface area (Å²) in [6.45, 7) is 4.77. The van der Waals surface area contributed by atoms with E-state index in [4.69, 9.17) is 0 Å². The van der Waals surface area contributed by atoms with Gasteiger partial charge >= 0.3 is 6.18 Å². The summed E-state index contributed by atoms with van der Waals surface area (Å²) in [6, 6.07) is 0.391. The molecule has 1 unspecified atom stereocenters. The zero-order valence-electron chi connectivity index (χ0n) is 9.27. The molecule has 1 rings (SSSR count). The van der Waals surface area contributed by atoms with Gasteiger partial charge in [-0.05, 0) is 13.3 Å². The molecule has 0 aliphatic rings. The smallest absolute Gasteiger partial charge is 0.314 e. The van der Waals surface area contributed by atoms with Crippen LogP contribution in [0.3, 0.4) is 0 Å². The van der Waals surface area contributed by atoms with E-state index < -0.39 is 11.9 Å². The fourth-order valence-corrected chi connectivity index (χ4v) is 1.93. The van der Waals surface area contributed by atoms with Gasteiger partial charge in [-0.25, -0.2) is 4.98 Å². The third-order valence-corrected chi connectivity index (χ3v) is 3.19. The summed E-state index contributed by atoms with van der Waals surface area (Å²) < 4.78 is 36.7. The van der Waals surface area contributed by atoms with Crippen molar-refractivity contribution in [2.24, 2.45) is 0 Å². The summed E-state index contributed by atoms with van der Waals surface area (Å²) >= 11 is 1.06. The highest BCUT2D eigenvalue weighted by atomic mass is 32.1. The molecule has 0 radical (unpaired) electrons. The molecule has 0 saturated carbocycles. The molecule has 6 heteroatoms. The standard InChI is InChI=1S/C10H15F3N2S/c1-3-7(2)14-5-4-9-15-8(6-16-9)10(11,12)13/h6-7,14H,3-5H2,1-2H3. The summed E-state index contributed by atoms with van der Waals surface area (Å²) in [5, 5.41) is 4.81. The van der Waals surface area contributed by atoms with Crippen molar-refractivity contribution < 1.29 is 13.2 Å². The summed E-state index contributed by atoms with van der Waals surface area (Å²) in [5.41, 5.74) is -0.781. The van der Waals surface area contributed by atoms with E-state index in [2.05, 4.69) is 17.2 Å². The van der Waals surface area contributed by atoms with E-state index in [0.29, 0.717) is 24.0 Å². The van der Waals surface area contributed by atoms with E-state index in [1.165, 1.54) is 0 Å². The van der Waals surface area contributed by atoms with E-state index in [0.717, 1.165) is 23.1 Å². The van der Waals surface area contributed by atoms with E-state index in [-0.39, 0.29) is 0 Å². The minimum atomic E-state index is -4.32. The second-order valence-corrected chi connectivity index (χ2v) is 4.58. The Labute approximate surface area is 96.9 Å². The van der Waals surface area contributed by atoms with Gasteiger partial charge in [0.15, 0.2) is 5.69 Å². The predicted molar refractivity (Wildman–Crippen MR) is 58.6 cm³/mol. The molecule has 0 spiro atoms. The Bertz CT molecular complexity index is 322. The van der Waals surface area contributed by atoms with E-state index in [9.17, 15) is 13.2 Å². The van der Waals surface area contributed by atoms with Crippen molar-refractivity contribution in [3.63, 3.8) is 0 Å². The van der Waals surface area contributed by atoms with E-state index >= 15 is 0 Å². The van der Waals surface area contributed by atoms with Gasteiger partial charge in [0, 0.05) is 24.4 Å². The zero-order chi connectivity index (χ0) is 12.2. The molecular weight excluding hydrogens is 237 g/mol. The minimum absolute atomic E-state index is 0.391. The van der Waals surface area contributed by atoms with Gasteiger partial charge in [-0.15, -0.1) is 11.3 Å². The predicted octanol–water partition coefficient (Wildman–Crippen LogP) is 3.09. The van der Waals surface area contributed by atoms with Gasteiger partial charge in [-0.1, -0.05) is 6.92 Å². The first kappa shape index (κ1) is 13.4. The normalized spacial score (nSPS) is 14.1. The molecule has 1 heterocycles. The fraction of sp³-hybridized carbons (Fsp3) is 0.700. The van der Waals surface area contributed by atoms with Crippen LogP contribution in [-0.2, 0) is 12.6 Å². The van der Waals surface area contributed by atoms with Crippen molar-refractivity contribution in [1.29, 1.82) is 0 Å². The molecule has 0 amide bonds. The summed E-state index contributed by atoms with van der Waals surface area (Å²) in [6.07, 6.45) is -2.77. The number of thiazole rings is 1. The van der Waals surface area contributed by atoms with Gasteiger partial charge in [0.05, 0.1) is 5.01 Å². The number of aromatic nitrogens is 1. The molecule has 0 saturated heterocycles. The molecule has 0 aromatic carbocycles. The molecule has 92 valence electrons. The molecule has 0 bridgehead atoms. The summed E-state index contributed by atoms with van der Waals surface area (Å²) in [4.78, 5) is 3.56. The highest BCUT2D eigenvalue weighted by molar-refractivity contribution is 7.09. The number of nitrogens with one attached hydrogen (secondary N) is 1. The van der Waals surface area contributed by atoms with Crippen LogP contribution in [0.5, 0.6) is 0 Å². The van der Waals surface area contributed by atoms with Crippen LogP contribution in [0.1, 0.15) is 31.0 Å². The third kappa shape index (κ3) is 4.09. The molecule has 1 atom stereocenters. The quantitative estimate of drug-likeness (QED) is 0.871. The van der Waals surface area contributed by atoms with Crippen molar-refractivity contribution in [3.05, 3.63) is 16.1 Å². The van der Waals surface area contributed by atoms with E-state index in [1.54, 1.807) is 0 Å². The second kappa shape index (κ2) is 5.63. The minimum Gasteiger partial charge on any atom is -0.314 e. The number of halogens is 3. The average Bonchev–Trinajstić information content (AvgIpc) is 2.65. The lowest BCUT2D eigenvalue weighted by Crippen LogP contribution is -2.27. The van der Waals surface area contributed by atoms with Crippen molar-refractivity contribution in [1.82, 2.24) is 10.3 Å². The Morgan fingerprint density at radius 1 is 1.50 bits per heavy atom. The van der Waals surface area contributed by atoms with Gasteiger partial charge < -0.3 is 5.32 Å². The van der Waals surface area contributed by atoms with Crippen LogP contribution < -0.4 is 5.32 Å². The van der Waals surface area contributed by atoms with Gasteiger partial charge in [0.25, 0.3) is 0 Å². The van der Waals surface area contributed by atoms with E-state index in [1.807, 2.05) is 6.92 Å². The molecular formula is C10H15F3N2S. The lowest BCUT2D eigenvalue weighted by Gasteiger charge is -2.09. The maximum absolute atomic E-state index is 12.2. The summed E-state index contributed by atoms with van der Waals surface area (Å²) in [5.74, 6) is 0. The summed E-state index contributed by atoms with van der Waals surface area (Å²) in [7, 11) is 0. The average molecular weight is 252 g/mol. The third-order valence-electron chi connectivity index (χ3n) is 2.29. The number of alkyl halides is 3. The lowest BCUT2D eigenvalue weighted by molar-refractivity contribution is -0.140. The highest BCUT2D eigenvalue weighted by Crippen LogP contribution is 2.29. The van der Waals surface area contributed by atoms with Crippen LogP contribution in [0.25, 0.3) is 0 Å². The Hall–Kier alpha value is -0.620. The van der Waals surface area contributed by atoms with Gasteiger partial charge in [0.2, 0.25) is 0 Å². The maximum Gasteiger partial charge on any atom is 0.434 e. The lowest BCUT2D eigenvalue weighted by atomic mass is 10.2. The zero-order valence-corrected chi connectivity index (χ0v) is 10.1. The molecule has 1 aromatic heterocycles. The fourth-order valence-electron chi connectivity index (χ4n) is 1.13. The Balaban J connectivity index is 2.41. The van der Waals surface area contributed by atoms with Crippen molar-refractivity contribution >= 4 is 11.3 Å². The Kier molecular flexibility index (Phi) is 4.73. The van der Waals surface area contributed by atoms with Crippen molar-refractivity contribution in [2.75, 3.05) is 6.54 Å². The van der Waals surface area contributed by atoms with Crippen LogP contribution in [0, 0.1) is 0 Å². The number of hydrogen-bond donors (Lipinski definition) is 1. The first-order valence-electron chi connectivity index (χ1n) is 5.18. The monoisotopic (exact) mass is 252 g/mol. The molecule has 1 N–H and O–H groups in total. The van der Waals surface area contributed by atoms with Gasteiger partial charge in [-0.2, -0.15) is 13.2 Å². The van der Waals surface area contributed by atoms with Crippen LogP contribution >= 0.6 is 11.3 Å². The largest absolute Gasteiger partial charge is 0.434 e.